The Balaban J connectivity index is 1.38. The minimum Gasteiger partial charge on any atom is -0.346 e. The summed E-state index contributed by atoms with van der Waals surface area (Å²) in [5.41, 5.74) is 7.66. The molecule has 0 aliphatic heterocycles. The average Bonchev–Trinajstić information content (AvgIpc) is 3.28. The van der Waals surface area contributed by atoms with Crippen molar-refractivity contribution in [2.45, 2.75) is 26.8 Å². The zero-order valence-corrected chi connectivity index (χ0v) is 20.8. The molecule has 5 aromatic rings. The van der Waals surface area contributed by atoms with Gasteiger partial charge in [-0.15, -0.1) is 0 Å². The number of aromatic nitrogens is 4. The highest BCUT2D eigenvalue weighted by Crippen LogP contribution is 2.28. The van der Waals surface area contributed by atoms with Crippen molar-refractivity contribution in [3.05, 3.63) is 102 Å². The molecule has 0 aliphatic carbocycles. The van der Waals surface area contributed by atoms with Crippen molar-refractivity contribution in [2.75, 3.05) is 5.32 Å². The molecule has 1 amide bonds. The highest BCUT2D eigenvalue weighted by Gasteiger charge is 2.14. The SMILES string of the molecule is Cc1cccc(C(C)NC(=O)c2ccc(C)c(-c3ccc4nc(Nc5cnn(C)c5)ncc4c3)c2)c1. The van der Waals surface area contributed by atoms with Crippen LogP contribution in [0.15, 0.2) is 79.3 Å². The van der Waals surface area contributed by atoms with Crippen molar-refractivity contribution in [3.8, 4) is 11.1 Å². The van der Waals surface area contributed by atoms with Crippen LogP contribution in [-0.4, -0.2) is 25.7 Å². The molecule has 1 unspecified atom stereocenters. The molecule has 2 heterocycles. The van der Waals surface area contributed by atoms with Crippen molar-refractivity contribution < 1.29 is 4.79 Å². The molecule has 0 saturated heterocycles. The third-order valence-electron chi connectivity index (χ3n) is 6.24. The second-order valence-electron chi connectivity index (χ2n) is 9.13. The van der Waals surface area contributed by atoms with Crippen LogP contribution in [0, 0.1) is 13.8 Å². The number of hydrogen-bond acceptors (Lipinski definition) is 5. The predicted molar refractivity (Wildman–Crippen MR) is 143 cm³/mol. The maximum atomic E-state index is 13.1. The van der Waals surface area contributed by atoms with Gasteiger partial charge in [0.15, 0.2) is 0 Å². The molecule has 0 bridgehead atoms. The Kier molecular flexibility index (Phi) is 6.21. The van der Waals surface area contributed by atoms with E-state index >= 15 is 0 Å². The number of hydrogen-bond donors (Lipinski definition) is 2. The molecule has 36 heavy (non-hydrogen) atoms. The Morgan fingerprint density at radius 2 is 1.86 bits per heavy atom. The van der Waals surface area contributed by atoms with Crippen molar-refractivity contribution in [2.24, 2.45) is 7.05 Å². The fourth-order valence-corrected chi connectivity index (χ4v) is 4.25. The van der Waals surface area contributed by atoms with E-state index in [1.807, 2.05) is 69.6 Å². The van der Waals surface area contributed by atoms with Crippen LogP contribution in [0.1, 0.15) is 40.0 Å². The van der Waals surface area contributed by atoms with E-state index < -0.39 is 0 Å². The van der Waals surface area contributed by atoms with Gasteiger partial charge >= 0.3 is 0 Å². The molecule has 0 saturated carbocycles. The zero-order valence-electron chi connectivity index (χ0n) is 20.8. The first-order chi connectivity index (χ1) is 17.4. The Bertz CT molecular complexity index is 1570. The number of carbonyl (C=O) groups is 1. The Labute approximate surface area is 210 Å². The van der Waals surface area contributed by atoms with Gasteiger partial charge in [-0.3, -0.25) is 9.48 Å². The monoisotopic (exact) mass is 476 g/mol. The molecule has 0 radical (unpaired) electrons. The van der Waals surface area contributed by atoms with E-state index in [1.165, 1.54) is 5.56 Å². The third kappa shape index (κ3) is 4.95. The molecule has 3 aromatic carbocycles. The summed E-state index contributed by atoms with van der Waals surface area (Å²) in [6.45, 7) is 6.10. The number of amides is 1. The lowest BCUT2D eigenvalue weighted by atomic mass is 9.96. The largest absolute Gasteiger partial charge is 0.346 e. The molecule has 0 spiro atoms. The lowest BCUT2D eigenvalue weighted by Gasteiger charge is -2.16. The number of anilines is 2. The molecular formula is C29H28N6O. The van der Waals surface area contributed by atoms with E-state index in [0.717, 1.165) is 38.8 Å². The van der Waals surface area contributed by atoms with E-state index in [0.29, 0.717) is 11.5 Å². The number of carbonyl (C=O) groups excluding carboxylic acids is 1. The molecule has 7 heteroatoms. The molecule has 1 atom stereocenters. The lowest BCUT2D eigenvalue weighted by molar-refractivity contribution is 0.0940. The molecule has 5 rings (SSSR count). The van der Waals surface area contributed by atoms with Crippen LogP contribution >= 0.6 is 0 Å². The summed E-state index contributed by atoms with van der Waals surface area (Å²) in [7, 11) is 1.86. The van der Waals surface area contributed by atoms with Crippen molar-refractivity contribution >= 4 is 28.4 Å². The maximum Gasteiger partial charge on any atom is 0.251 e. The maximum absolute atomic E-state index is 13.1. The Morgan fingerprint density at radius 1 is 1.00 bits per heavy atom. The summed E-state index contributed by atoms with van der Waals surface area (Å²) in [6, 6.07) is 20.0. The Morgan fingerprint density at radius 3 is 2.64 bits per heavy atom. The lowest BCUT2D eigenvalue weighted by Crippen LogP contribution is -2.26. The van der Waals surface area contributed by atoms with Gasteiger partial charge in [0.05, 0.1) is 23.4 Å². The topological polar surface area (TPSA) is 84.7 Å². The van der Waals surface area contributed by atoms with Crippen molar-refractivity contribution in [1.29, 1.82) is 0 Å². The molecule has 0 fully saturated rings. The second kappa shape index (κ2) is 9.62. The number of benzene rings is 3. The quantitative estimate of drug-likeness (QED) is 0.320. The standard InChI is InChI=1S/C29H28N6O/c1-18-6-5-7-21(12-18)20(3)32-28(36)23-9-8-19(2)26(14-23)22-10-11-27-24(13-22)15-30-29(34-27)33-25-16-31-35(4)17-25/h5-17,20H,1-4H3,(H,32,36)(H,30,33,34). The first-order valence-corrected chi connectivity index (χ1v) is 11.9. The van der Waals surface area contributed by atoms with Gasteiger partial charge < -0.3 is 10.6 Å². The molecule has 2 aromatic heterocycles. The van der Waals surface area contributed by atoms with Gasteiger partial charge in [-0.05, 0) is 67.3 Å². The van der Waals surface area contributed by atoms with Gasteiger partial charge in [0, 0.05) is 30.4 Å². The molecular weight excluding hydrogens is 448 g/mol. The summed E-state index contributed by atoms with van der Waals surface area (Å²) in [5.74, 6) is 0.418. The average molecular weight is 477 g/mol. The minimum atomic E-state index is -0.0968. The van der Waals surface area contributed by atoms with Gasteiger partial charge in [0.2, 0.25) is 5.95 Å². The van der Waals surface area contributed by atoms with E-state index in [9.17, 15) is 4.79 Å². The van der Waals surface area contributed by atoms with E-state index in [1.54, 1.807) is 17.1 Å². The fraction of sp³-hybridized carbons (Fsp3) is 0.172. The zero-order chi connectivity index (χ0) is 25.2. The van der Waals surface area contributed by atoms with Crippen LogP contribution in [0.5, 0.6) is 0 Å². The number of fused-ring (bicyclic) bond motifs is 1. The van der Waals surface area contributed by atoms with Crippen LogP contribution < -0.4 is 10.6 Å². The first kappa shape index (κ1) is 23.2. The number of aryl methyl sites for hydroxylation is 3. The normalized spacial score (nSPS) is 11.9. The predicted octanol–water partition coefficient (Wildman–Crippen LogP) is 5.88. The number of nitrogens with one attached hydrogen (secondary N) is 2. The number of rotatable bonds is 6. The van der Waals surface area contributed by atoms with Gasteiger partial charge in [-0.1, -0.05) is 42.0 Å². The van der Waals surface area contributed by atoms with Crippen LogP contribution in [0.3, 0.4) is 0 Å². The first-order valence-electron chi connectivity index (χ1n) is 11.9. The smallest absolute Gasteiger partial charge is 0.251 e. The third-order valence-corrected chi connectivity index (χ3v) is 6.24. The van der Waals surface area contributed by atoms with E-state index in [-0.39, 0.29) is 11.9 Å². The molecule has 7 nitrogen and oxygen atoms in total. The second-order valence-corrected chi connectivity index (χ2v) is 9.13. The van der Waals surface area contributed by atoms with E-state index in [4.69, 9.17) is 0 Å². The minimum absolute atomic E-state index is 0.0885. The molecule has 2 N–H and O–H groups in total. The van der Waals surface area contributed by atoms with Crippen LogP contribution in [0.2, 0.25) is 0 Å². The van der Waals surface area contributed by atoms with Crippen molar-refractivity contribution in [3.63, 3.8) is 0 Å². The van der Waals surface area contributed by atoms with E-state index in [2.05, 4.69) is 50.8 Å². The fourth-order valence-electron chi connectivity index (χ4n) is 4.25. The van der Waals surface area contributed by atoms with Gasteiger partial charge in [-0.2, -0.15) is 5.10 Å². The van der Waals surface area contributed by atoms with Gasteiger partial charge in [0.1, 0.15) is 0 Å². The summed E-state index contributed by atoms with van der Waals surface area (Å²) in [4.78, 5) is 22.2. The highest BCUT2D eigenvalue weighted by molar-refractivity contribution is 5.96. The van der Waals surface area contributed by atoms with Crippen LogP contribution in [0.25, 0.3) is 22.0 Å². The van der Waals surface area contributed by atoms with Crippen molar-refractivity contribution in [1.82, 2.24) is 25.1 Å². The molecule has 0 aliphatic rings. The summed E-state index contributed by atoms with van der Waals surface area (Å²) >= 11 is 0. The molecule has 180 valence electrons. The van der Waals surface area contributed by atoms with Gasteiger partial charge in [-0.25, -0.2) is 9.97 Å². The highest BCUT2D eigenvalue weighted by atomic mass is 16.1. The summed E-state index contributed by atoms with van der Waals surface area (Å²) in [5, 5.41) is 11.4. The van der Waals surface area contributed by atoms with Crippen LogP contribution in [-0.2, 0) is 7.05 Å². The summed E-state index contributed by atoms with van der Waals surface area (Å²) in [6.07, 6.45) is 5.40. The van der Waals surface area contributed by atoms with Gasteiger partial charge in [0.25, 0.3) is 5.91 Å². The summed E-state index contributed by atoms with van der Waals surface area (Å²) < 4.78 is 1.72. The van der Waals surface area contributed by atoms with Crippen LogP contribution in [0.4, 0.5) is 11.6 Å². The number of nitrogens with zero attached hydrogens (tertiary/aromatic N) is 4. The Hall–Kier alpha value is -4.52.